The minimum Gasteiger partial charge on any atom is -0.388 e. The topological polar surface area (TPSA) is 20.2 Å². The average Bonchev–Trinajstić information content (AvgIpc) is 3.16. The summed E-state index contributed by atoms with van der Waals surface area (Å²) in [5.41, 5.74) is 1.09. The van der Waals surface area contributed by atoms with Gasteiger partial charge >= 0.3 is 0 Å². The van der Waals surface area contributed by atoms with E-state index < -0.39 is 14.0 Å². The van der Waals surface area contributed by atoms with E-state index in [1.54, 1.807) is 0 Å². The molecule has 1 unspecified atom stereocenters. The molecule has 3 aromatic rings. The van der Waals surface area contributed by atoms with E-state index in [0.29, 0.717) is 4.83 Å². The molecule has 1 aliphatic rings. The molecular formula is C24H24BrOP. The Morgan fingerprint density at radius 3 is 1.89 bits per heavy atom. The second-order valence-corrected chi connectivity index (χ2v) is 10.5. The van der Waals surface area contributed by atoms with Crippen LogP contribution in [0, 0.1) is 5.92 Å². The highest BCUT2D eigenvalue weighted by atomic mass is 79.9. The molecule has 3 aromatic carbocycles. The Balaban J connectivity index is 1.82. The van der Waals surface area contributed by atoms with Gasteiger partial charge in [0, 0.05) is 10.7 Å². The largest absolute Gasteiger partial charge is 0.388 e. The molecule has 138 valence electrons. The minimum atomic E-state index is -0.703. The Hall–Kier alpha value is -1.47. The van der Waals surface area contributed by atoms with Gasteiger partial charge in [-0.2, -0.15) is 0 Å². The van der Waals surface area contributed by atoms with Crippen LogP contribution in [0.2, 0.25) is 0 Å². The van der Waals surface area contributed by atoms with Crippen LogP contribution in [0.1, 0.15) is 30.9 Å². The summed E-state index contributed by atoms with van der Waals surface area (Å²) in [6.45, 7) is 0. The molecule has 0 bridgehead atoms. The van der Waals surface area contributed by atoms with Gasteiger partial charge in [0.05, 0.1) is 6.10 Å². The number of benzene rings is 3. The summed E-state index contributed by atoms with van der Waals surface area (Å²) in [5, 5.41) is 15.2. The van der Waals surface area contributed by atoms with Crippen molar-refractivity contribution >= 4 is 39.8 Å². The van der Waals surface area contributed by atoms with E-state index in [4.69, 9.17) is 0 Å². The number of rotatable bonds is 5. The number of aliphatic hydroxyl groups excluding tert-OH is 1. The van der Waals surface area contributed by atoms with Gasteiger partial charge in [-0.3, -0.25) is 0 Å². The molecule has 3 atom stereocenters. The van der Waals surface area contributed by atoms with Gasteiger partial charge in [-0.15, -0.1) is 0 Å². The molecule has 0 spiro atoms. The third-order valence-corrected chi connectivity index (χ3v) is 9.07. The Labute approximate surface area is 171 Å². The summed E-state index contributed by atoms with van der Waals surface area (Å²) in [6, 6.07) is 29.9. The zero-order valence-electron chi connectivity index (χ0n) is 15.2. The zero-order valence-corrected chi connectivity index (χ0v) is 17.7. The van der Waals surface area contributed by atoms with Crippen molar-refractivity contribution in [2.24, 2.45) is 5.92 Å². The molecule has 1 nitrogen and oxygen atoms in total. The fourth-order valence-corrected chi connectivity index (χ4v) is 7.42. The lowest BCUT2D eigenvalue weighted by Gasteiger charge is -2.28. The summed E-state index contributed by atoms with van der Waals surface area (Å²) in [6.07, 6.45) is 2.99. The van der Waals surface area contributed by atoms with Crippen LogP contribution in [0.3, 0.4) is 0 Å². The molecular weight excluding hydrogens is 415 g/mol. The standard InChI is InChI=1S/C24H24BrOP/c25-22-16-9-15-20(22)24(26)21-14-7-8-17-23(21)27(18-10-3-1-4-11-18)19-12-5-2-6-13-19/h1-8,10-14,17,20,22,24,26H,9,15-16H2/t20?,22-,24+/m0/s1. The van der Waals surface area contributed by atoms with E-state index in [1.165, 1.54) is 22.3 Å². The van der Waals surface area contributed by atoms with Crippen LogP contribution in [0.15, 0.2) is 84.9 Å². The van der Waals surface area contributed by atoms with Crippen molar-refractivity contribution in [2.45, 2.75) is 30.2 Å². The van der Waals surface area contributed by atoms with Gasteiger partial charge in [-0.25, -0.2) is 0 Å². The third-order valence-electron chi connectivity index (χ3n) is 5.41. The zero-order chi connectivity index (χ0) is 18.6. The van der Waals surface area contributed by atoms with Crippen molar-refractivity contribution in [1.29, 1.82) is 0 Å². The van der Waals surface area contributed by atoms with Gasteiger partial charge in [-0.1, -0.05) is 107 Å². The maximum atomic E-state index is 11.3. The first-order valence-corrected chi connectivity index (χ1v) is 11.8. The lowest BCUT2D eigenvalue weighted by Crippen LogP contribution is -2.27. The molecule has 1 N–H and O–H groups in total. The van der Waals surface area contributed by atoms with E-state index in [2.05, 4.69) is 101 Å². The van der Waals surface area contributed by atoms with Crippen LogP contribution in [-0.2, 0) is 0 Å². The number of alkyl halides is 1. The van der Waals surface area contributed by atoms with Crippen LogP contribution >= 0.6 is 23.9 Å². The monoisotopic (exact) mass is 438 g/mol. The average molecular weight is 439 g/mol. The Bertz CT molecular complexity index is 828. The normalized spacial score (nSPS) is 20.7. The highest BCUT2D eigenvalue weighted by Gasteiger charge is 2.34. The molecule has 27 heavy (non-hydrogen) atoms. The van der Waals surface area contributed by atoms with E-state index in [-0.39, 0.29) is 5.92 Å². The lowest BCUT2D eigenvalue weighted by atomic mass is 9.94. The number of hydrogen-bond donors (Lipinski definition) is 1. The van der Waals surface area contributed by atoms with E-state index >= 15 is 0 Å². The summed E-state index contributed by atoms with van der Waals surface area (Å²) in [7, 11) is -0.703. The summed E-state index contributed by atoms with van der Waals surface area (Å²) >= 11 is 3.80. The summed E-state index contributed by atoms with van der Waals surface area (Å²) in [5.74, 6) is 0.287. The van der Waals surface area contributed by atoms with Gasteiger partial charge in [0.25, 0.3) is 0 Å². The lowest BCUT2D eigenvalue weighted by molar-refractivity contribution is 0.116. The molecule has 0 aromatic heterocycles. The first kappa shape index (κ1) is 18.9. The van der Waals surface area contributed by atoms with E-state index in [9.17, 15) is 5.11 Å². The predicted octanol–water partition coefficient (Wildman–Crippen LogP) is 5.04. The Morgan fingerprint density at radius 1 is 0.778 bits per heavy atom. The van der Waals surface area contributed by atoms with Gasteiger partial charge < -0.3 is 5.11 Å². The molecule has 0 aliphatic heterocycles. The van der Waals surface area contributed by atoms with Gasteiger partial charge in [0.1, 0.15) is 0 Å². The molecule has 0 heterocycles. The fraction of sp³-hybridized carbons (Fsp3) is 0.250. The quantitative estimate of drug-likeness (QED) is 0.436. The Morgan fingerprint density at radius 2 is 1.33 bits per heavy atom. The van der Waals surface area contributed by atoms with Crippen molar-refractivity contribution in [3.05, 3.63) is 90.5 Å². The maximum Gasteiger partial charge on any atom is 0.0835 e. The van der Waals surface area contributed by atoms with Crippen molar-refractivity contribution < 1.29 is 5.11 Å². The maximum absolute atomic E-state index is 11.3. The molecule has 0 saturated heterocycles. The van der Waals surface area contributed by atoms with Crippen LogP contribution in [0.5, 0.6) is 0 Å². The number of aliphatic hydroxyl groups is 1. The molecule has 0 amide bonds. The SMILES string of the molecule is O[C@@H](c1ccccc1P(c1ccccc1)c1ccccc1)C1CCC[C@@H]1Br. The van der Waals surface area contributed by atoms with Gasteiger partial charge in [-0.05, 0) is 42.2 Å². The van der Waals surface area contributed by atoms with Crippen molar-refractivity contribution in [3.8, 4) is 0 Å². The van der Waals surface area contributed by atoms with Crippen LogP contribution < -0.4 is 15.9 Å². The number of hydrogen-bond acceptors (Lipinski definition) is 1. The van der Waals surface area contributed by atoms with Crippen molar-refractivity contribution in [1.82, 2.24) is 0 Å². The van der Waals surface area contributed by atoms with Crippen LogP contribution in [-0.4, -0.2) is 9.93 Å². The van der Waals surface area contributed by atoms with Crippen LogP contribution in [0.25, 0.3) is 0 Å². The van der Waals surface area contributed by atoms with Gasteiger partial charge in [0.15, 0.2) is 0 Å². The molecule has 1 saturated carbocycles. The molecule has 1 aliphatic carbocycles. The second-order valence-electron chi connectivity index (χ2n) is 7.12. The number of halogens is 1. The minimum absolute atomic E-state index is 0.287. The molecule has 0 radical (unpaired) electrons. The second kappa shape index (κ2) is 8.69. The Kier molecular flexibility index (Phi) is 6.08. The fourth-order valence-electron chi connectivity index (χ4n) is 4.05. The highest BCUT2D eigenvalue weighted by molar-refractivity contribution is 9.09. The van der Waals surface area contributed by atoms with Gasteiger partial charge in [0.2, 0.25) is 0 Å². The smallest absolute Gasteiger partial charge is 0.0835 e. The molecule has 1 fully saturated rings. The van der Waals surface area contributed by atoms with Crippen LogP contribution in [0.4, 0.5) is 0 Å². The summed E-state index contributed by atoms with van der Waals surface area (Å²) in [4.78, 5) is 0.403. The van der Waals surface area contributed by atoms with E-state index in [1.807, 2.05) is 0 Å². The van der Waals surface area contributed by atoms with E-state index in [0.717, 1.165) is 18.4 Å². The molecule has 3 heteroatoms. The summed E-state index contributed by atoms with van der Waals surface area (Å²) < 4.78 is 0. The molecule has 4 rings (SSSR count). The predicted molar refractivity (Wildman–Crippen MR) is 120 cm³/mol. The first-order valence-electron chi connectivity index (χ1n) is 9.57. The van der Waals surface area contributed by atoms with Crippen molar-refractivity contribution in [2.75, 3.05) is 0 Å². The van der Waals surface area contributed by atoms with Crippen molar-refractivity contribution in [3.63, 3.8) is 0 Å². The highest BCUT2D eigenvalue weighted by Crippen LogP contribution is 2.42. The first-order chi connectivity index (χ1) is 13.3. The third kappa shape index (κ3) is 4.04.